The number of benzene rings is 1. The highest BCUT2D eigenvalue weighted by molar-refractivity contribution is 5.29. The molecule has 0 heterocycles. The number of ether oxygens (including phenoxy) is 1. The van der Waals surface area contributed by atoms with Crippen LogP contribution in [0.1, 0.15) is 37.7 Å². The summed E-state index contributed by atoms with van der Waals surface area (Å²) in [6.45, 7) is 1.05. The van der Waals surface area contributed by atoms with Gasteiger partial charge in [0.25, 0.3) is 0 Å². The van der Waals surface area contributed by atoms with Crippen LogP contribution >= 0.6 is 0 Å². The van der Waals surface area contributed by atoms with Gasteiger partial charge in [-0.15, -0.1) is 0 Å². The van der Waals surface area contributed by atoms with Crippen LogP contribution in [0.4, 0.5) is 4.39 Å². The molecule has 3 heteroatoms. The molecule has 2 nitrogen and oxygen atoms in total. The summed E-state index contributed by atoms with van der Waals surface area (Å²) in [7, 11) is 0. The van der Waals surface area contributed by atoms with Crippen molar-refractivity contribution in [3.63, 3.8) is 0 Å². The Kier molecular flexibility index (Phi) is 4.37. The smallest absolute Gasteiger partial charge is 0.127 e. The van der Waals surface area contributed by atoms with E-state index in [9.17, 15) is 4.39 Å². The van der Waals surface area contributed by atoms with Crippen molar-refractivity contribution in [2.24, 2.45) is 11.7 Å². The van der Waals surface area contributed by atoms with Crippen molar-refractivity contribution in [3.05, 3.63) is 29.6 Å². The van der Waals surface area contributed by atoms with Gasteiger partial charge in [-0.3, -0.25) is 0 Å². The molecule has 0 atom stereocenters. The van der Waals surface area contributed by atoms with E-state index in [0.717, 1.165) is 5.56 Å². The number of rotatable bonds is 4. The van der Waals surface area contributed by atoms with Crippen LogP contribution in [0.2, 0.25) is 0 Å². The van der Waals surface area contributed by atoms with Gasteiger partial charge in [-0.05, 0) is 36.5 Å². The Bertz CT molecular complexity index is 361. The SMILES string of the molecule is NCc1cc(F)cc(OCC2CCCCC2)c1. The highest BCUT2D eigenvalue weighted by Crippen LogP contribution is 2.25. The normalized spacial score (nSPS) is 17.1. The molecule has 0 unspecified atom stereocenters. The molecule has 2 rings (SSSR count). The van der Waals surface area contributed by atoms with Crippen LogP contribution in [0.3, 0.4) is 0 Å². The van der Waals surface area contributed by atoms with Crippen LogP contribution in [-0.4, -0.2) is 6.61 Å². The fourth-order valence-corrected chi connectivity index (χ4v) is 2.39. The average Bonchev–Trinajstić information content (AvgIpc) is 2.37. The van der Waals surface area contributed by atoms with E-state index in [1.165, 1.54) is 44.2 Å². The standard InChI is InChI=1S/C14H20FNO/c15-13-6-12(9-16)7-14(8-13)17-10-11-4-2-1-3-5-11/h6-8,11H,1-5,9-10,16H2. The maximum Gasteiger partial charge on any atom is 0.127 e. The summed E-state index contributed by atoms with van der Waals surface area (Å²) in [6.07, 6.45) is 6.41. The number of hydrogen-bond donors (Lipinski definition) is 1. The predicted molar refractivity (Wildman–Crippen MR) is 66.4 cm³/mol. The second-order valence-corrected chi connectivity index (χ2v) is 4.81. The van der Waals surface area contributed by atoms with Crippen LogP contribution in [0.15, 0.2) is 18.2 Å². The van der Waals surface area contributed by atoms with Crippen molar-refractivity contribution in [1.82, 2.24) is 0 Å². The zero-order chi connectivity index (χ0) is 12.1. The van der Waals surface area contributed by atoms with Crippen LogP contribution < -0.4 is 10.5 Å². The van der Waals surface area contributed by atoms with E-state index in [2.05, 4.69) is 0 Å². The Labute approximate surface area is 102 Å². The number of halogens is 1. The Morgan fingerprint density at radius 2 is 1.94 bits per heavy atom. The second-order valence-electron chi connectivity index (χ2n) is 4.81. The lowest BCUT2D eigenvalue weighted by Gasteiger charge is -2.21. The van der Waals surface area contributed by atoms with Gasteiger partial charge in [0.05, 0.1) is 6.61 Å². The first-order valence-corrected chi connectivity index (χ1v) is 6.40. The van der Waals surface area contributed by atoms with Crippen LogP contribution in [0, 0.1) is 11.7 Å². The van der Waals surface area contributed by atoms with E-state index in [-0.39, 0.29) is 5.82 Å². The molecule has 0 aliphatic heterocycles. The van der Waals surface area contributed by atoms with Gasteiger partial charge >= 0.3 is 0 Å². The maximum absolute atomic E-state index is 13.2. The van der Waals surface area contributed by atoms with Crippen LogP contribution in [-0.2, 0) is 6.54 Å². The topological polar surface area (TPSA) is 35.2 Å². The Balaban J connectivity index is 1.91. The summed E-state index contributed by atoms with van der Waals surface area (Å²) >= 11 is 0. The fraction of sp³-hybridized carbons (Fsp3) is 0.571. The third-order valence-corrected chi connectivity index (χ3v) is 3.38. The van der Waals surface area contributed by atoms with Crippen molar-refractivity contribution in [2.45, 2.75) is 38.6 Å². The molecule has 94 valence electrons. The summed E-state index contributed by atoms with van der Waals surface area (Å²) in [6, 6.07) is 4.71. The van der Waals surface area contributed by atoms with Gasteiger partial charge in [0.2, 0.25) is 0 Å². The van der Waals surface area contributed by atoms with Gasteiger partial charge < -0.3 is 10.5 Å². The van der Waals surface area contributed by atoms with Crippen molar-refractivity contribution in [2.75, 3.05) is 6.61 Å². The Morgan fingerprint density at radius 3 is 2.65 bits per heavy atom. The Hall–Kier alpha value is -1.09. The molecule has 0 saturated heterocycles. The summed E-state index contributed by atoms with van der Waals surface area (Å²) in [5.41, 5.74) is 6.29. The van der Waals surface area contributed by atoms with E-state index < -0.39 is 0 Å². The zero-order valence-electron chi connectivity index (χ0n) is 10.1. The van der Waals surface area contributed by atoms with E-state index in [0.29, 0.717) is 24.8 Å². The molecule has 0 bridgehead atoms. The summed E-state index contributed by atoms with van der Waals surface area (Å²) < 4.78 is 18.9. The quantitative estimate of drug-likeness (QED) is 0.872. The van der Waals surface area contributed by atoms with Gasteiger partial charge in [0.1, 0.15) is 11.6 Å². The van der Waals surface area contributed by atoms with Crippen molar-refractivity contribution >= 4 is 0 Å². The van der Waals surface area contributed by atoms with E-state index in [4.69, 9.17) is 10.5 Å². The molecule has 1 fully saturated rings. The van der Waals surface area contributed by atoms with E-state index >= 15 is 0 Å². The van der Waals surface area contributed by atoms with Crippen LogP contribution in [0.25, 0.3) is 0 Å². The first-order chi connectivity index (χ1) is 8.28. The number of hydrogen-bond acceptors (Lipinski definition) is 2. The molecule has 1 aliphatic carbocycles. The molecular formula is C14H20FNO. The summed E-state index contributed by atoms with van der Waals surface area (Å²) in [5.74, 6) is 0.968. The lowest BCUT2D eigenvalue weighted by molar-refractivity contribution is 0.208. The minimum Gasteiger partial charge on any atom is -0.493 e. The monoisotopic (exact) mass is 237 g/mol. The molecule has 0 amide bonds. The minimum absolute atomic E-state index is 0.272. The molecule has 1 saturated carbocycles. The van der Waals surface area contributed by atoms with E-state index in [1.807, 2.05) is 6.07 Å². The van der Waals surface area contributed by atoms with Gasteiger partial charge in [-0.25, -0.2) is 4.39 Å². The molecule has 17 heavy (non-hydrogen) atoms. The molecular weight excluding hydrogens is 217 g/mol. The summed E-state index contributed by atoms with van der Waals surface area (Å²) in [4.78, 5) is 0. The second kappa shape index (κ2) is 6.01. The van der Waals surface area contributed by atoms with Crippen molar-refractivity contribution in [1.29, 1.82) is 0 Å². The fourth-order valence-electron chi connectivity index (χ4n) is 2.39. The third-order valence-electron chi connectivity index (χ3n) is 3.38. The third kappa shape index (κ3) is 3.70. The van der Waals surface area contributed by atoms with Gasteiger partial charge in [-0.1, -0.05) is 19.3 Å². The van der Waals surface area contributed by atoms with Gasteiger partial charge in [0.15, 0.2) is 0 Å². The molecule has 2 N–H and O–H groups in total. The molecule has 0 radical (unpaired) electrons. The summed E-state index contributed by atoms with van der Waals surface area (Å²) in [5, 5.41) is 0. The lowest BCUT2D eigenvalue weighted by atomic mass is 9.90. The minimum atomic E-state index is -0.272. The number of nitrogens with two attached hydrogens (primary N) is 1. The lowest BCUT2D eigenvalue weighted by Crippen LogP contribution is -2.15. The predicted octanol–water partition coefficient (Wildman–Crippen LogP) is 3.24. The van der Waals surface area contributed by atoms with Crippen molar-refractivity contribution < 1.29 is 9.13 Å². The maximum atomic E-state index is 13.2. The first-order valence-electron chi connectivity index (χ1n) is 6.40. The molecule has 1 aliphatic rings. The molecule has 0 spiro atoms. The highest BCUT2D eigenvalue weighted by Gasteiger charge is 2.14. The zero-order valence-corrected chi connectivity index (χ0v) is 10.1. The average molecular weight is 237 g/mol. The first kappa shape index (κ1) is 12.4. The molecule has 1 aromatic carbocycles. The van der Waals surface area contributed by atoms with Crippen molar-refractivity contribution in [3.8, 4) is 5.75 Å². The molecule has 0 aromatic heterocycles. The van der Waals surface area contributed by atoms with Gasteiger partial charge in [0, 0.05) is 12.6 Å². The van der Waals surface area contributed by atoms with Crippen LogP contribution in [0.5, 0.6) is 5.75 Å². The highest BCUT2D eigenvalue weighted by atomic mass is 19.1. The van der Waals surface area contributed by atoms with E-state index in [1.54, 1.807) is 0 Å². The Morgan fingerprint density at radius 1 is 1.18 bits per heavy atom. The molecule has 1 aromatic rings. The largest absolute Gasteiger partial charge is 0.493 e. The van der Waals surface area contributed by atoms with Gasteiger partial charge in [-0.2, -0.15) is 0 Å².